The first-order valence-corrected chi connectivity index (χ1v) is 7.21. The Labute approximate surface area is 112 Å². The van der Waals surface area contributed by atoms with Gasteiger partial charge in [0, 0.05) is 13.0 Å². The molecule has 0 saturated heterocycles. The lowest BCUT2D eigenvalue weighted by Crippen LogP contribution is -2.25. The lowest BCUT2D eigenvalue weighted by atomic mass is 9.96. The van der Waals surface area contributed by atoms with Crippen LogP contribution in [0.4, 0.5) is 0 Å². The zero-order chi connectivity index (χ0) is 13.8. The third kappa shape index (κ3) is 10.5. The first-order chi connectivity index (χ1) is 8.60. The molecule has 0 bridgehead atoms. The maximum Gasteiger partial charge on any atom is 0.220 e. The number of nitrogens with two attached hydrogens (primary N) is 1. The van der Waals surface area contributed by atoms with E-state index >= 15 is 0 Å². The highest BCUT2D eigenvalue weighted by Gasteiger charge is 2.08. The molecule has 0 heterocycles. The van der Waals surface area contributed by atoms with Crippen LogP contribution in [0.15, 0.2) is 0 Å². The van der Waals surface area contributed by atoms with Crippen LogP contribution in [-0.2, 0) is 4.79 Å². The Morgan fingerprint density at radius 3 is 2.56 bits per heavy atom. The highest BCUT2D eigenvalue weighted by Crippen LogP contribution is 2.14. The first kappa shape index (κ1) is 17.4. The summed E-state index contributed by atoms with van der Waals surface area (Å²) in [4.78, 5) is 13.8. The van der Waals surface area contributed by atoms with Crippen molar-refractivity contribution in [3.05, 3.63) is 0 Å². The van der Waals surface area contributed by atoms with Crippen LogP contribution in [0, 0.1) is 5.92 Å². The van der Waals surface area contributed by atoms with E-state index in [1.807, 2.05) is 0 Å². The monoisotopic (exact) mass is 257 g/mol. The van der Waals surface area contributed by atoms with Crippen molar-refractivity contribution in [2.45, 2.75) is 45.4 Å². The van der Waals surface area contributed by atoms with Gasteiger partial charge in [0.2, 0.25) is 5.91 Å². The fraction of sp³-hybridized carbons (Fsp3) is 0.929. The van der Waals surface area contributed by atoms with E-state index < -0.39 is 0 Å². The maximum absolute atomic E-state index is 11.6. The van der Waals surface area contributed by atoms with Crippen molar-refractivity contribution in [2.75, 3.05) is 33.7 Å². The number of hydrogen-bond donors (Lipinski definition) is 2. The van der Waals surface area contributed by atoms with Crippen LogP contribution in [-0.4, -0.2) is 44.5 Å². The van der Waals surface area contributed by atoms with E-state index in [2.05, 4.69) is 31.2 Å². The van der Waals surface area contributed by atoms with Crippen molar-refractivity contribution in [1.29, 1.82) is 0 Å². The molecule has 3 N–H and O–H groups in total. The van der Waals surface area contributed by atoms with Gasteiger partial charge in [0.15, 0.2) is 0 Å². The van der Waals surface area contributed by atoms with Crippen molar-refractivity contribution >= 4 is 5.91 Å². The van der Waals surface area contributed by atoms with Crippen LogP contribution in [0.1, 0.15) is 45.4 Å². The zero-order valence-electron chi connectivity index (χ0n) is 12.4. The van der Waals surface area contributed by atoms with Gasteiger partial charge in [-0.15, -0.1) is 0 Å². The molecule has 0 aliphatic heterocycles. The molecule has 4 heteroatoms. The zero-order valence-corrected chi connectivity index (χ0v) is 12.4. The lowest BCUT2D eigenvalue weighted by Gasteiger charge is -2.13. The molecule has 1 unspecified atom stereocenters. The minimum absolute atomic E-state index is 0.190. The summed E-state index contributed by atoms with van der Waals surface area (Å²) >= 11 is 0. The van der Waals surface area contributed by atoms with Crippen molar-refractivity contribution in [2.24, 2.45) is 11.7 Å². The first-order valence-electron chi connectivity index (χ1n) is 7.21. The maximum atomic E-state index is 11.6. The van der Waals surface area contributed by atoms with Crippen LogP contribution >= 0.6 is 0 Å². The molecule has 0 aromatic rings. The molecule has 1 atom stereocenters. The molecule has 108 valence electrons. The van der Waals surface area contributed by atoms with Gasteiger partial charge in [-0.3, -0.25) is 4.79 Å². The number of amides is 1. The van der Waals surface area contributed by atoms with Gasteiger partial charge >= 0.3 is 0 Å². The van der Waals surface area contributed by atoms with Crippen molar-refractivity contribution in [3.8, 4) is 0 Å². The normalized spacial score (nSPS) is 12.7. The average molecular weight is 257 g/mol. The summed E-state index contributed by atoms with van der Waals surface area (Å²) in [5.41, 5.74) is 5.54. The number of unbranched alkanes of at least 4 members (excludes halogenated alkanes) is 1. The molecule has 0 aliphatic rings. The van der Waals surface area contributed by atoms with Gasteiger partial charge in [-0.1, -0.05) is 13.3 Å². The molecule has 18 heavy (non-hydrogen) atoms. The number of rotatable bonds is 11. The molecule has 0 aromatic heterocycles. The summed E-state index contributed by atoms with van der Waals surface area (Å²) in [5, 5.41) is 2.99. The van der Waals surface area contributed by atoms with Crippen LogP contribution in [0.5, 0.6) is 0 Å². The van der Waals surface area contributed by atoms with E-state index in [-0.39, 0.29) is 5.91 Å². The highest BCUT2D eigenvalue weighted by atomic mass is 16.1. The van der Waals surface area contributed by atoms with Crippen molar-refractivity contribution < 1.29 is 4.79 Å². The van der Waals surface area contributed by atoms with E-state index in [0.717, 1.165) is 51.7 Å². The number of carbonyl (C=O) groups excluding carboxylic acids is 1. The Kier molecular flexibility index (Phi) is 11.1. The summed E-state index contributed by atoms with van der Waals surface area (Å²) in [6.07, 6.45) is 5.96. The summed E-state index contributed by atoms with van der Waals surface area (Å²) < 4.78 is 0. The summed E-state index contributed by atoms with van der Waals surface area (Å²) in [5.74, 6) is 0.796. The number of carbonyl (C=O) groups is 1. The molecule has 0 spiro atoms. The summed E-state index contributed by atoms with van der Waals surface area (Å²) in [7, 11) is 4.14. The Morgan fingerprint density at radius 1 is 1.28 bits per heavy atom. The van der Waals surface area contributed by atoms with Gasteiger partial charge < -0.3 is 16.0 Å². The molecule has 4 nitrogen and oxygen atoms in total. The number of hydrogen-bond acceptors (Lipinski definition) is 3. The van der Waals surface area contributed by atoms with Gasteiger partial charge in [0.05, 0.1) is 0 Å². The van der Waals surface area contributed by atoms with Crippen LogP contribution < -0.4 is 11.1 Å². The molecular formula is C14H31N3O. The third-order valence-electron chi connectivity index (χ3n) is 3.29. The Bertz CT molecular complexity index is 207. The smallest absolute Gasteiger partial charge is 0.220 e. The van der Waals surface area contributed by atoms with E-state index in [1.165, 1.54) is 0 Å². The quantitative estimate of drug-likeness (QED) is 0.553. The van der Waals surface area contributed by atoms with Crippen LogP contribution in [0.2, 0.25) is 0 Å². The molecule has 0 aromatic carbocycles. The Morgan fingerprint density at radius 2 is 2.00 bits per heavy atom. The fourth-order valence-electron chi connectivity index (χ4n) is 1.99. The standard InChI is InChI=1S/C14H31N3O/c1-4-13(9-10-15)7-8-14(18)16-11-5-6-12-17(2)3/h13H,4-12,15H2,1-3H3,(H,16,18). The minimum Gasteiger partial charge on any atom is -0.356 e. The van der Waals surface area contributed by atoms with Gasteiger partial charge in [0.1, 0.15) is 0 Å². The Hall–Kier alpha value is -0.610. The van der Waals surface area contributed by atoms with Gasteiger partial charge in [-0.05, 0) is 58.8 Å². The van der Waals surface area contributed by atoms with Crippen LogP contribution in [0.25, 0.3) is 0 Å². The second kappa shape index (κ2) is 11.5. The molecule has 0 fully saturated rings. The van der Waals surface area contributed by atoms with E-state index in [1.54, 1.807) is 0 Å². The molecule has 0 rings (SSSR count). The predicted octanol–water partition coefficient (Wildman–Crippen LogP) is 1.60. The second-order valence-corrected chi connectivity index (χ2v) is 5.25. The minimum atomic E-state index is 0.190. The fourth-order valence-corrected chi connectivity index (χ4v) is 1.99. The molecule has 0 radical (unpaired) electrons. The number of nitrogens with one attached hydrogen (secondary N) is 1. The summed E-state index contributed by atoms with van der Waals surface area (Å²) in [6, 6.07) is 0. The van der Waals surface area contributed by atoms with E-state index in [9.17, 15) is 4.79 Å². The summed E-state index contributed by atoms with van der Waals surface area (Å²) in [6.45, 7) is 4.79. The third-order valence-corrected chi connectivity index (χ3v) is 3.29. The highest BCUT2D eigenvalue weighted by molar-refractivity contribution is 5.75. The molecule has 1 amide bonds. The van der Waals surface area contributed by atoms with Crippen molar-refractivity contribution in [1.82, 2.24) is 10.2 Å². The molecular weight excluding hydrogens is 226 g/mol. The molecule has 0 saturated carbocycles. The van der Waals surface area contributed by atoms with Gasteiger partial charge in [0.25, 0.3) is 0 Å². The molecule has 0 aliphatic carbocycles. The number of nitrogens with zero attached hydrogens (tertiary/aromatic N) is 1. The van der Waals surface area contributed by atoms with Gasteiger partial charge in [-0.2, -0.15) is 0 Å². The second-order valence-electron chi connectivity index (χ2n) is 5.25. The Balaban J connectivity index is 3.47. The lowest BCUT2D eigenvalue weighted by molar-refractivity contribution is -0.121. The topological polar surface area (TPSA) is 58.4 Å². The SMILES string of the molecule is CCC(CCN)CCC(=O)NCCCCN(C)C. The van der Waals surface area contributed by atoms with E-state index in [4.69, 9.17) is 5.73 Å². The average Bonchev–Trinajstić information content (AvgIpc) is 2.33. The largest absolute Gasteiger partial charge is 0.356 e. The van der Waals surface area contributed by atoms with Gasteiger partial charge in [-0.25, -0.2) is 0 Å². The predicted molar refractivity (Wildman–Crippen MR) is 77.5 cm³/mol. The van der Waals surface area contributed by atoms with Crippen LogP contribution in [0.3, 0.4) is 0 Å². The van der Waals surface area contributed by atoms with Crippen molar-refractivity contribution in [3.63, 3.8) is 0 Å². The van der Waals surface area contributed by atoms with E-state index in [0.29, 0.717) is 12.3 Å².